The number of halogens is 2. The van der Waals surface area contributed by atoms with Crippen LogP contribution in [0.5, 0.6) is 5.75 Å². The molecule has 0 saturated heterocycles. The van der Waals surface area contributed by atoms with E-state index in [9.17, 15) is 9.18 Å². The molecular formula is C21H16ClFN2O3. The van der Waals surface area contributed by atoms with Gasteiger partial charge in [0.25, 0.3) is 0 Å². The van der Waals surface area contributed by atoms with Crippen LogP contribution in [0.15, 0.2) is 67.1 Å². The molecule has 0 aliphatic carbocycles. The van der Waals surface area contributed by atoms with Crippen molar-refractivity contribution >= 4 is 23.6 Å². The summed E-state index contributed by atoms with van der Waals surface area (Å²) in [5, 5.41) is 0.502. The third kappa shape index (κ3) is 5.89. The molecule has 0 bridgehead atoms. The second-order valence-electron chi connectivity index (χ2n) is 5.74. The number of hydrogen-bond acceptors (Lipinski definition) is 5. The van der Waals surface area contributed by atoms with Gasteiger partial charge in [0.1, 0.15) is 24.8 Å². The number of benzene rings is 2. The monoisotopic (exact) mass is 398 g/mol. The van der Waals surface area contributed by atoms with Crippen LogP contribution in [0.4, 0.5) is 4.39 Å². The van der Waals surface area contributed by atoms with Crippen LogP contribution in [0.2, 0.25) is 5.02 Å². The fourth-order valence-corrected chi connectivity index (χ4v) is 2.46. The van der Waals surface area contributed by atoms with Gasteiger partial charge in [0.05, 0.1) is 11.9 Å². The topological polar surface area (TPSA) is 61.3 Å². The lowest BCUT2D eigenvalue weighted by Gasteiger charge is -2.10. The first kappa shape index (κ1) is 19.5. The molecule has 2 aromatic carbocycles. The summed E-state index contributed by atoms with van der Waals surface area (Å²) < 4.78 is 23.9. The minimum atomic E-state index is -0.532. The van der Waals surface area contributed by atoms with Crippen molar-refractivity contribution in [2.24, 2.45) is 0 Å². The predicted molar refractivity (Wildman–Crippen MR) is 103 cm³/mol. The molecule has 0 spiro atoms. The number of nitrogens with zero attached hydrogens (tertiary/aromatic N) is 2. The SMILES string of the molecule is O=C(/C=C/c1cc(Cl)ccc1OCc1ccc(F)cc1)OCc1cnccn1. The lowest BCUT2D eigenvalue weighted by atomic mass is 10.2. The molecule has 28 heavy (non-hydrogen) atoms. The van der Waals surface area contributed by atoms with E-state index < -0.39 is 5.97 Å². The van der Waals surface area contributed by atoms with Crippen LogP contribution in [-0.2, 0) is 22.7 Å². The maximum atomic E-state index is 13.0. The first-order valence-corrected chi connectivity index (χ1v) is 8.74. The van der Waals surface area contributed by atoms with Crippen molar-refractivity contribution in [1.82, 2.24) is 9.97 Å². The second kappa shape index (κ2) is 9.62. The van der Waals surface area contributed by atoms with Gasteiger partial charge in [-0.25, -0.2) is 9.18 Å². The number of hydrogen-bond donors (Lipinski definition) is 0. The number of carbonyl (C=O) groups excluding carboxylic acids is 1. The van der Waals surface area contributed by atoms with Crippen molar-refractivity contribution in [2.75, 3.05) is 0 Å². The fourth-order valence-electron chi connectivity index (χ4n) is 2.28. The van der Waals surface area contributed by atoms with Gasteiger partial charge in [-0.2, -0.15) is 0 Å². The van der Waals surface area contributed by atoms with Gasteiger partial charge in [0.15, 0.2) is 0 Å². The van der Waals surface area contributed by atoms with E-state index >= 15 is 0 Å². The third-order valence-corrected chi connectivity index (χ3v) is 3.89. The van der Waals surface area contributed by atoms with Gasteiger partial charge in [0.2, 0.25) is 0 Å². The molecule has 7 heteroatoms. The molecule has 0 aliphatic heterocycles. The highest BCUT2D eigenvalue weighted by atomic mass is 35.5. The summed E-state index contributed by atoms with van der Waals surface area (Å²) in [6.45, 7) is 0.278. The summed E-state index contributed by atoms with van der Waals surface area (Å²) in [4.78, 5) is 19.9. The van der Waals surface area contributed by atoms with Crippen molar-refractivity contribution in [1.29, 1.82) is 0 Å². The molecule has 0 fully saturated rings. The summed E-state index contributed by atoms with van der Waals surface area (Å²) in [6, 6.07) is 11.1. The lowest BCUT2D eigenvalue weighted by molar-refractivity contribution is -0.139. The van der Waals surface area contributed by atoms with Gasteiger partial charge in [-0.05, 0) is 42.0 Å². The number of aromatic nitrogens is 2. The van der Waals surface area contributed by atoms with Crippen molar-refractivity contribution in [2.45, 2.75) is 13.2 Å². The molecule has 0 saturated carbocycles. The van der Waals surface area contributed by atoms with E-state index in [0.29, 0.717) is 22.0 Å². The molecule has 0 unspecified atom stereocenters. The molecule has 1 aromatic heterocycles. The Bertz CT molecular complexity index is 963. The van der Waals surface area contributed by atoms with Gasteiger partial charge >= 0.3 is 5.97 Å². The Morgan fingerprint density at radius 3 is 2.68 bits per heavy atom. The molecule has 5 nitrogen and oxygen atoms in total. The maximum Gasteiger partial charge on any atom is 0.331 e. The average molecular weight is 399 g/mol. The van der Waals surface area contributed by atoms with E-state index in [4.69, 9.17) is 21.1 Å². The normalized spacial score (nSPS) is 10.8. The number of ether oxygens (including phenoxy) is 2. The maximum absolute atomic E-state index is 13.0. The zero-order valence-corrected chi connectivity index (χ0v) is 15.5. The molecule has 0 radical (unpaired) electrons. The third-order valence-electron chi connectivity index (χ3n) is 3.66. The van der Waals surface area contributed by atoms with Crippen molar-refractivity contribution in [3.63, 3.8) is 0 Å². The highest BCUT2D eigenvalue weighted by molar-refractivity contribution is 6.30. The van der Waals surface area contributed by atoms with Crippen LogP contribution in [0.1, 0.15) is 16.8 Å². The van der Waals surface area contributed by atoms with E-state index in [0.717, 1.165) is 5.56 Å². The molecule has 0 N–H and O–H groups in total. The Hall–Kier alpha value is -3.25. The van der Waals surface area contributed by atoms with E-state index in [2.05, 4.69) is 9.97 Å². The lowest BCUT2D eigenvalue weighted by Crippen LogP contribution is -2.02. The largest absolute Gasteiger partial charge is 0.488 e. The highest BCUT2D eigenvalue weighted by Gasteiger charge is 2.05. The van der Waals surface area contributed by atoms with Gasteiger partial charge in [0, 0.05) is 29.1 Å². The van der Waals surface area contributed by atoms with E-state index in [1.807, 2.05) is 0 Å². The summed E-state index contributed by atoms with van der Waals surface area (Å²) in [5.41, 5.74) is 1.98. The molecule has 1 heterocycles. The van der Waals surface area contributed by atoms with Crippen LogP contribution < -0.4 is 4.74 Å². The Kier molecular flexibility index (Phi) is 6.70. The van der Waals surface area contributed by atoms with Gasteiger partial charge in [-0.3, -0.25) is 9.97 Å². The van der Waals surface area contributed by atoms with Crippen LogP contribution >= 0.6 is 11.6 Å². The van der Waals surface area contributed by atoms with Crippen molar-refractivity contribution < 1.29 is 18.7 Å². The number of carbonyl (C=O) groups is 1. The first-order valence-electron chi connectivity index (χ1n) is 8.37. The quantitative estimate of drug-likeness (QED) is 0.430. The zero-order chi connectivity index (χ0) is 19.8. The average Bonchev–Trinajstić information content (AvgIpc) is 2.72. The predicted octanol–water partition coefficient (Wildman–Crippen LogP) is 4.60. The van der Waals surface area contributed by atoms with Crippen molar-refractivity contribution in [3.05, 3.63) is 94.8 Å². The zero-order valence-electron chi connectivity index (χ0n) is 14.7. The summed E-state index contributed by atoms with van der Waals surface area (Å²) in [5.74, 6) is -0.305. The van der Waals surface area contributed by atoms with E-state index in [-0.39, 0.29) is 19.0 Å². The van der Waals surface area contributed by atoms with Gasteiger partial charge in [-0.15, -0.1) is 0 Å². The number of esters is 1. The Morgan fingerprint density at radius 1 is 1.11 bits per heavy atom. The summed E-state index contributed by atoms with van der Waals surface area (Å²) in [6.07, 6.45) is 7.43. The van der Waals surface area contributed by atoms with Crippen LogP contribution in [0.25, 0.3) is 6.08 Å². The van der Waals surface area contributed by atoms with Gasteiger partial charge in [-0.1, -0.05) is 23.7 Å². The van der Waals surface area contributed by atoms with E-state index in [1.54, 1.807) is 36.4 Å². The molecular weight excluding hydrogens is 383 g/mol. The first-order chi connectivity index (χ1) is 13.6. The van der Waals surface area contributed by atoms with E-state index in [1.165, 1.54) is 36.8 Å². The Balaban J connectivity index is 1.63. The molecule has 3 aromatic rings. The minimum absolute atomic E-state index is 0.0283. The number of rotatable bonds is 7. The Morgan fingerprint density at radius 2 is 1.93 bits per heavy atom. The second-order valence-corrected chi connectivity index (χ2v) is 6.17. The molecule has 3 rings (SSSR count). The summed E-state index contributed by atoms with van der Waals surface area (Å²) in [7, 11) is 0. The van der Waals surface area contributed by atoms with Gasteiger partial charge < -0.3 is 9.47 Å². The summed E-state index contributed by atoms with van der Waals surface area (Å²) >= 11 is 6.05. The molecule has 142 valence electrons. The Labute approximate surface area is 166 Å². The van der Waals surface area contributed by atoms with Crippen molar-refractivity contribution in [3.8, 4) is 5.75 Å². The minimum Gasteiger partial charge on any atom is -0.488 e. The standard InChI is InChI=1S/C21H16ClFN2O3/c22-17-4-7-20(27-13-15-1-5-18(23)6-2-15)16(11-17)3-8-21(26)28-14-19-12-24-9-10-25-19/h1-12H,13-14H2/b8-3+. The smallest absolute Gasteiger partial charge is 0.331 e. The van der Waals surface area contributed by atoms with Crippen LogP contribution in [0.3, 0.4) is 0 Å². The molecule has 0 atom stereocenters. The van der Waals surface area contributed by atoms with Crippen LogP contribution in [0, 0.1) is 5.82 Å². The molecule has 0 aliphatic rings. The molecule has 0 amide bonds. The highest BCUT2D eigenvalue weighted by Crippen LogP contribution is 2.25. The van der Waals surface area contributed by atoms with Crippen LogP contribution in [-0.4, -0.2) is 15.9 Å². The fraction of sp³-hybridized carbons (Fsp3) is 0.0952.